The van der Waals surface area contributed by atoms with Gasteiger partial charge in [0.15, 0.2) is 0 Å². The van der Waals surface area contributed by atoms with Crippen molar-refractivity contribution in [1.82, 2.24) is 5.48 Å². The van der Waals surface area contributed by atoms with Gasteiger partial charge in [-0.3, -0.25) is 4.99 Å². The van der Waals surface area contributed by atoms with Gasteiger partial charge in [0, 0.05) is 13.0 Å². The summed E-state index contributed by atoms with van der Waals surface area (Å²) >= 11 is 0. The molecular weight excluding hydrogens is 294 g/mol. The summed E-state index contributed by atoms with van der Waals surface area (Å²) in [6.45, 7) is 0.729. The molecule has 0 atom stereocenters. The number of nitriles is 1. The summed E-state index contributed by atoms with van der Waals surface area (Å²) in [4.78, 5) is 21.2. The molecule has 6 heteroatoms. The minimum atomic E-state index is -0.727. The molecule has 0 saturated carbocycles. The van der Waals surface area contributed by atoms with Crippen molar-refractivity contribution >= 4 is 17.9 Å². The molecule has 0 saturated heterocycles. The van der Waals surface area contributed by atoms with Crippen LogP contribution in [0.5, 0.6) is 5.75 Å². The SMILES string of the molecule is COc1ccc(C=C(C#N)C(=O)ONC2=NCCCCC2)cc1. The van der Waals surface area contributed by atoms with E-state index in [0.717, 1.165) is 32.2 Å². The smallest absolute Gasteiger partial charge is 0.373 e. The van der Waals surface area contributed by atoms with Crippen LogP contribution in [-0.2, 0) is 9.63 Å². The summed E-state index contributed by atoms with van der Waals surface area (Å²) in [5.41, 5.74) is 3.20. The quantitative estimate of drug-likeness (QED) is 0.527. The maximum Gasteiger partial charge on any atom is 0.373 e. The van der Waals surface area contributed by atoms with Crippen LogP contribution in [0.15, 0.2) is 34.8 Å². The molecule has 2 rings (SSSR count). The molecule has 0 bridgehead atoms. The first kappa shape index (κ1) is 16.6. The average Bonchev–Trinajstić information content (AvgIpc) is 2.87. The molecule has 0 unspecified atom stereocenters. The third-order valence-electron chi connectivity index (χ3n) is 3.40. The zero-order chi connectivity index (χ0) is 16.5. The molecule has 1 aromatic carbocycles. The van der Waals surface area contributed by atoms with E-state index in [4.69, 9.17) is 14.8 Å². The number of ether oxygens (including phenoxy) is 1. The van der Waals surface area contributed by atoms with Crippen molar-refractivity contribution in [1.29, 1.82) is 5.26 Å². The summed E-state index contributed by atoms with van der Waals surface area (Å²) in [5, 5.41) is 9.14. The third kappa shape index (κ3) is 5.15. The predicted molar refractivity (Wildman–Crippen MR) is 86.6 cm³/mol. The molecule has 0 aromatic heterocycles. The molecule has 1 aliphatic heterocycles. The van der Waals surface area contributed by atoms with Gasteiger partial charge in [0.2, 0.25) is 0 Å². The van der Waals surface area contributed by atoms with Gasteiger partial charge in [-0.15, -0.1) is 0 Å². The number of nitrogens with one attached hydrogen (secondary N) is 1. The standard InChI is InChI=1S/C17H19N3O3/c1-22-15-8-6-13(7-9-15)11-14(12-18)17(21)23-20-16-5-3-2-4-10-19-16/h6-9,11H,2-5,10H2,1H3,(H,19,20). The Morgan fingerprint density at radius 2 is 2.09 bits per heavy atom. The third-order valence-corrected chi connectivity index (χ3v) is 3.40. The topological polar surface area (TPSA) is 83.7 Å². The number of benzene rings is 1. The Labute approximate surface area is 135 Å². The van der Waals surface area contributed by atoms with Gasteiger partial charge in [0.05, 0.1) is 7.11 Å². The van der Waals surface area contributed by atoms with Crippen molar-refractivity contribution < 1.29 is 14.4 Å². The molecule has 1 aliphatic rings. The lowest BCUT2D eigenvalue weighted by atomic mass is 10.1. The van der Waals surface area contributed by atoms with E-state index in [-0.39, 0.29) is 5.57 Å². The second kappa shape index (κ2) is 8.59. The minimum absolute atomic E-state index is 0.0862. The predicted octanol–water partition coefficient (Wildman–Crippen LogP) is 2.62. The van der Waals surface area contributed by atoms with Crippen LogP contribution in [0.1, 0.15) is 31.2 Å². The monoisotopic (exact) mass is 313 g/mol. The number of hydroxylamine groups is 1. The average molecular weight is 313 g/mol. The molecule has 0 radical (unpaired) electrons. The Hall–Kier alpha value is -2.81. The minimum Gasteiger partial charge on any atom is -0.497 e. The van der Waals surface area contributed by atoms with Crippen LogP contribution < -0.4 is 10.2 Å². The van der Waals surface area contributed by atoms with E-state index in [2.05, 4.69) is 10.5 Å². The summed E-state index contributed by atoms with van der Waals surface area (Å²) in [6.07, 6.45) is 5.38. The number of amidine groups is 1. The van der Waals surface area contributed by atoms with Gasteiger partial charge in [-0.05, 0) is 36.6 Å². The van der Waals surface area contributed by atoms with Crippen molar-refractivity contribution in [2.24, 2.45) is 4.99 Å². The fraction of sp³-hybridized carbons (Fsp3) is 0.353. The van der Waals surface area contributed by atoms with Crippen molar-refractivity contribution in [3.8, 4) is 11.8 Å². The van der Waals surface area contributed by atoms with Crippen LogP contribution in [0.25, 0.3) is 6.08 Å². The van der Waals surface area contributed by atoms with Crippen LogP contribution in [0, 0.1) is 11.3 Å². The largest absolute Gasteiger partial charge is 0.497 e. The number of hydrogen-bond acceptors (Lipinski definition) is 6. The molecule has 0 amide bonds. The Balaban J connectivity index is 1.98. The molecule has 1 heterocycles. The van der Waals surface area contributed by atoms with E-state index < -0.39 is 5.97 Å². The number of rotatable bonds is 3. The number of nitrogens with zero attached hydrogens (tertiary/aromatic N) is 2. The van der Waals surface area contributed by atoms with Gasteiger partial charge < -0.3 is 9.57 Å². The molecule has 120 valence electrons. The van der Waals surface area contributed by atoms with Gasteiger partial charge >= 0.3 is 5.97 Å². The van der Waals surface area contributed by atoms with E-state index in [1.807, 2.05) is 6.07 Å². The van der Waals surface area contributed by atoms with Crippen molar-refractivity contribution in [3.63, 3.8) is 0 Å². The summed E-state index contributed by atoms with van der Waals surface area (Å²) in [6, 6.07) is 8.88. The second-order valence-electron chi connectivity index (χ2n) is 5.07. The Kier molecular flexibility index (Phi) is 6.18. The first-order valence-electron chi connectivity index (χ1n) is 7.49. The number of carbonyl (C=O) groups excluding carboxylic acids is 1. The van der Waals surface area contributed by atoms with E-state index in [1.54, 1.807) is 31.4 Å². The van der Waals surface area contributed by atoms with Crippen molar-refractivity contribution in [2.45, 2.75) is 25.7 Å². The van der Waals surface area contributed by atoms with Gasteiger partial charge in [-0.25, -0.2) is 10.3 Å². The normalized spacial score (nSPS) is 15.0. The lowest BCUT2D eigenvalue weighted by molar-refractivity contribution is -0.142. The van der Waals surface area contributed by atoms with Crippen LogP contribution in [-0.4, -0.2) is 25.5 Å². The van der Waals surface area contributed by atoms with Gasteiger partial charge in [0.1, 0.15) is 23.2 Å². The Morgan fingerprint density at radius 3 is 2.78 bits per heavy atom. The van der Waals surface area contributed by atoms with E-state index in [1.165, 1.54) is 6.08 Å². The highest BCUT2D eigenvalue weighted by Gasteiger charge is 2.13. The summed E-state index contributed by atoms with van der Waals surface area (Å²) in [7, 11) is 1.57. The maximum absolute atomic E-state index is 12.0. The number of methoxy groups -OCH3 is 1. The number of carbonyl (C=O) groups is 1. The lowest BCUT2D eigenvalue weighted by Crippen LogP contribution is -2.27. The van der Waals surface area contributed by atoms with E-state index >= 15 is 0 Å². The summed E-state index contributed by atoms with van der Waals surface area (Å²) in [5.74, 6) is 0.629. The van der Waals surface area contributed by atoms with Crippen LogP contribution in [0.2, 0.25) is 0 Å². The number of hydrogen-bond donors (Lipinski definition) is 1. The van der Waals surface area contributed by atoms with E-state index in [9.17, 15) is 4.79 Å². The Morgan fingerprint density at radius 1 is 1.30 bits per heavy atom. The van der Waals surface area contributed by atoms with Crippen LogP contribution in [0.4, 0.5) is 0 Å². The Bertz CT molecular complexity index is 642. The molecule has 6 nitrogen and oxygen atoms in total. The van der Waals surface area contributed by atoms with Crippen molar-refractivity contribution in [2.75, 3.05) is 13.7 Å². The molecular formula is C17H19N3O3. The first-order valence-corrected chi connectivity index (χ1v) is 7.49. The van der Waals surface area contributed by atoms with Gasteiger partial charge in [-0.1, -0.05) is 18.6 Å². The molecule has 23 heavy (non-hydrogen) atoms. The highest BCUT2D eigenvalue weighted by molar-refractivity contribution is 5.98. The molecule has 0 fully saturated rings. The van der Waals surface area contributed by atoms with Crippen LogP contribution in [0.3, 0.4) is 0 Å². The maximum atomic E-state index is 12.0. The molecule has 0 spiro atoms. The zero-order valence-electron chi connectivity index (χ0n) is 13.0. The zero-order valence-corrected chi connectivity index (χ0v) is 13.0. The first-order chi connectivity index (χ1) is 11.2. The fourth-order valence-corrected chi connectivity index (χ4v) is 2.12. The fourth-order valence-electron chi connectivity index (χ4n) is 2.12. The highest BCUT2D eigenvalue weighted by Crippen LogP contribution is 2.14. The van der Waals surface area contributed by atoms with Gasteiger partial charge in [0.25, 0.3) is 0 Å². The highest BCUT2D eigenvalue weighted by atomic mass is 16.7. The molecule has 1 N–H and O–H groups in total. The second-order valence-corrected chi connectivity index (χ2v) is 5.07. The van der Waals surface area contributed by atoms with E-state index in [0.29, 0.717) is 17.1 Å². The molecule has 1 aromatic rings. The van der Waals surface area contributed by atoms with Crippen LogP contribution >= 0.6 is 0 Å². The van der Waals surface area contributed by atoms with Crippen molar-refractivity contribution in [3.05, 3.63) is 35.4 Å². The lowest BCUT2D eigenvalue weighted by Gasteiger charge is -2.07. The molecule has 0 aliphatic carbocycles. The van der Waals surface area contributed by atoms with Gasteiger partial charge in [-0.2, -0.15) is 5.26 Å². The number of aliphatic imine (C=N–C) groups is 1. The summed E-state index contributed by atoms with van der Waals surface area (Å²) < 4.78 is 5.06.